The van der Waals surface area contributed by atoms with Gasteiger partial charge in [0.05, 0.1) is 11.5 Å². The van der Waals surface area contributed by atoms with E-state index < -0.39 is 0 Å². The highest BCUT2D eigenvalue weighted by molar-refractivity contribution is 5.04. The van der Waals surface area contributed by atoms with Crippen molar-refractivity contribution in [2.24, 2.45) is 35.0 Å². The van der Waals surface area contributed by atoms with Crippen molar-refractivity contribution < 1.29 is 0 Å². The Labute approximate surface area is 112 Å². The van der Waals surface area contributed by atoms with Crippen LogP contribution in [0.3, 0.4) is 0 Å². The van der Waals surface area contributed by atoms with Crippen LogP contribution < -0.4 is 0 Å². The topological polar surface area (TPSA) is 23.8 Å². The van der Waals surface area contributed by atoms with E-state index in [1.165, 1.54) is 38.5 Å². The van der Waals surface area contributed by atoms with Crippen LogP contribution in [-0.2, 0) is 0 Å². The first-order valence-electron chi connectivity index (χ1n) is 8.11. The van der Waals surface area contributed by atoms with Crippen molar-refractivity contribution in [2.75, 3.05) is 0 Å². The summed E-state index contributed by atoms with van der Waals surface area (Å²) in [7, 11) is 0. The predicted octanol–water partition coefficient (Wildman–Crippen LogP) is 4.78. The van der Waals surface area contributed by atoms with E-state index in [2.05, 4.69) is 19.9 Å². The monoisotopic (exact) mass is 245 g/mol. The molecule has 4 bridgehead atoms. The third-order valence-electron chi connectivity index (χ3n) is 6.64. The van der Waals surface area contributed by atoms with Gasteiger partial charge < -0.3 is 0 Å². The molecule has 4 saturated carbocycles. The molecule has 0 saturated heterocycles. The molecule has 1 heteroatoms. The molecular formula is C17H27N. The molecule has 0 N–H and O–H groups in total. The molecule has 4 rings (SSSR count). The summed E-state index contributed by atoms with van der Waals surface area (Å²) in [6.45, 7) is 4.42. The van der Waals surface area contributed by atoms with Crippen LogP contribution in [0.4, 0.5) is 0 Å². The van der Waals surface area contributed by atoms with Crippen LogP contribution in [0.25, 0.3) is 0 Å². The molecule has 0 unspecified atom stereocenters. The molecule has 0 heterocycles. The summed E-state index contributed by atoms with van der Waals surface area (Å²) in [6.07, 6.45) is 10.8. The maximum absolute atomic E-state index is 9.58. The number of hydrogen-bond donors (Lipinski definition) is 0. The van der Waals surface area contributed by atoms with Crippen LogP contribution in [-0.4, -0.2) is 0 Å². The van der Waals surface area contributed by atoms with E-state index in [9.17, 15) is 5.26 Å². The second kappa shape index (κ2) is 4.55. The number of nitriles is 1. The van der Waals surface area contributed by atoms with E-state index in [4.69, 9.17) is 0 Å². The van der Waals surface area contributed by atoms with Crippen LogP contribution in [0, 0.1) is 46.3 Å². The molecule has 4 aliphatic rings. The van der Waals surface area contributed by atoms with Crippen molar-refractivity contribution in [3.8, 4) is 6.07 Å². The Bertz CT molecular complexity index is 319. The molecule has 0 spiro atoms. The second-order valence-electron chi connectivity index (χ2n) is 7.40. The standard InChI is InChI=1S/C17H27N/c1-3-17(4-2,11-18)10-16-14-6-12-5-13(8-14)9-15(16)7-12/h12-16H,3-10H2,1-2H3. The Morgan fingerprint density at radius 1 is 0.944 bits per heavy atom. The summed E-state index contributed by atoms with van der Waals surface area (Å²) < 4.78 is 0. The highest BCUT2D eigenvalue weighted by Crippen LogP contribution is 2.59. The van der Waals surface area contributed by atoms with Crippen molar-refractivity contribution in [2.45, 2.75) is 65.2 Å². The summed E-state index contributed by atoms with van der Waals surface area (Å²) in [6, 6.07) is 2.67. The zero-order valence-electron chi connectivity index (χ0n) is 12.0. The highest BCUT2D eigenvalue weighted by Gasteiger charge is 2.49. The van der Waals surface area contributed by atoms with Gasteiger partial charge in [-0.15, -0.1) is 0 Å². The Kier molecular flexibility index (Phi) is 3.16. The lowest BCUT2D eigenvalue weighted by atomic mass is 9.49. The van der Waals surface area contributed by atoms with Gasteiger partial charge in [-0.2, -0.15) is 5.26 Å². The van der Waals surface area contributed by atoms with Crippen molar-refractivity contribution >= 4 is 0 Å². The fourth-order valence-electron chi connectivity index (χ4n) is 5.56. The van der Waals surface area contributed by atoms with Crippen molar-refractivity contribution in [3.63, 3.8) is 0 Å². The smallest absolute Gasteiger partial charge is 0.0689 e. The molecule has 0 aromatic heterocycles. The summed E-state index contributed by atoms with van der Waals surface area (Å²) in [5, 5.41) is 9.58. The van der Waals surface area contributed by atoms with Crippen LogP contribution in [0.5, 0.6) is 0 Å². The fraction of sp³-hybridized carbons (Fsp3) is 0.941. The van der Waals surface area contributed by atoms with Gasteiger partial charge in [0, 0.05) is 0 Å². The molecule has 100 valence electrons. The quantitative estimate of drug-likeness (QED) is 0.699. The average Bonchev–Trinajstić information content (AvgIpc) is 2.38. The van der Waals surface area contributed by atoms with Gasteiger partial charge in [0.15, 0.2) is 0 Å². The van der Waals surface area contributed by atoms with Crippen LogP contribution in [0.2, 0.25) is 0 Å². The van der Waals surface area contributed by atoms with E-state index in [0.29, 0.717) is 0 Å². The number of rotatable bonds is 4. The zero-order chi connectivity index (χ0) is 12.8. The number of nitrogens with zero attached hydrogens (tertiary/aromatic N) is 1. The van der Waals surface area contributed by atoms with E-state index in [1.807, 2.05) is 0 Å². The third-order valence-corrected chi connectivity index (χ3v) is 6.64. The largest absolute Gasteiger partial charge is 0.198 e. The lowest BCUT2D eigenvalue weighted by Gasteiger charge is -2.55. The minimum Gasteiger partial charge on any atom is -0.198 e. The maximum Gasteiger partial charge on any atom is 0.0689 e. The van der Waals surface area contributed by atoms with Gasteiger partial charge in [-0.1, -0.05) is 13.8 Å². The van der Waals surface area contributed by atoms with Crippen LogP contribution in [0.15, 0.2) is 0 Å². The van der Waals surface area contributed by atoms with Gasteiger partial charge in [0.2, 0.25) is 0 Å². The normalized spacial score (nSPS) is 41.9. The molecule has 0 atom stereocenters. The van der Waals surface area contributed by atoms with Crippen molar-refractivity contribution in [1.82, 2.24) is 0 Å². The Morgan fingerprint density at radius 2 is 1.44 bits per heavy atom. The average molecular weight is 245 g/mol. The summed E-state index contributed by atoms with van der Waals surface area (Å²) in [5.74, 6) is 4.96. The predicted molar refractivity (Wildman–Crippen MR) is 73.8 cm³/mol. The molecule has 4 fully saturated rings. The first-order chi connectivity index (χ1) is 8.69. The van der Waals surface area contributed by atoms with E-state index in [0.717, 1.165) is 42.4 Å². The van der Waals surface area contributed by atoms with Gasteiger partial charge >= 0.3 is 0 Å². The van der Waals surface area contributed by atoms with Crippen LogP contribution in [0.1, 0.15) is 65.2 Å². The van der Waals surface area contributed by atoms with Crippen LogP contribution >= 0.6 is 0 Å². The molecule has 1 nitrogen and oxygen atoms in total. The first kappa shape index (κ1) is 12.5. The summed E-state index contributed by atoms with van der Waals surface area (Å²) >= 11 is 0. The summed E-state index contributed by atoms with van der Waals surface area (Å²) in [4.78, 5) is 0. The summed E-state index contributed by atoms with van der Waals surface area (Å²) in [5.41, 5.74) is -0.0139. The van der Waals surface area contributed by atoms with Gasteiger partial charge in [-0.05, 0) is 81.0 Å². The first-order valence-corrected chi connectivity index (χ1v) is 8.11. The lowest BCUT2D eigenvalue weighted by Crippen LogP contribution is -2.46. The number of hydrogen-bond acceptors (Lipinski definition) is 1. The van der Waals surface area contributed by atoms with Gasteiger partial charge in [-0.3, -0.25) is 0 Å². The Balaban J connectivity index is 1.75. The third kappa shape index (κ3) is 1.89. The fourth-order valence-corrected chi connectivity index (χ4v) is 5.56. The van der Waals surface area contributed by atoms with Gasteiger partial charge in [0.1, 0.15) is 0 Å². The van der Waals surface area contributed by atoms with Crippen molar-refractivity contribution in [3.05, 3.63) is 0 Å². The molecular weight excluding hydrogens is 218 g/mol. The Morgan fingerprint density at radius 3 is 1.83 bits per heavy atom. The van der Waals surface area contributed by atoms with Gasteiger partial charge in [0.25, 0.3) is 0 Å². The minimum atomic E-state index is -0.0139. The molecule has 4 aliphatic carbocycles. The van der Waals surface area contributed by atoms with E-state index in [1.54, 1.807) is 0 Å². The zero-order valence-corrected chi connectivity index (χ0v) is 12.0. The molecule has 0 aliphatic heterocycles. The lowest BCUT2D eigenvalue weighted by molar-refractivity contribution is -0.0514. The van der Waals surface area contributed by atoms with Gasteiger partial charge in [-0.25, -0.2) is 0 Å². The minimum absolute atomic E-state index is 0.0139. The van der Waals surface area contributed by atoms with Crippen molar-refractivity contribution in [1.29, 1.82) is 5.26 Å². The van der Waals surface area contributed by atoms with E-state index >= 15 is 0 Å². The second-order valence-corrected chi connectivity index (χ2v) is 7.40. The molecule has 0 aromatic rings. The molecule has 0 amide bonds. The van der Waals surface area contributed by atoms with E-state index in [-0.39, 0.29) is 5.41 Å². The SMILES string of the molecule is CCC(C#N)(CC)CC1C2CC3CC(C2)CC1C3. The maximum atomic E-state index is 9.58. The highest BCUT2D eigenvalue weighted by atomic mass is 14.5. The molecule has 18 heavy (non-hydrogen) atoms. The molecule has 0 aromatic carbocycles. The molecule has 0 radical (unpaired) electrons. The Hall–Kier alpha value is -0.510.